The van der Waals surface area contributed by atoms with Crippen LogP contribution in [-0.2, 0) is 17.6 Å². The number of carbonyl (C=O) groups excluding carboxylic acids is 2. The Morgan fingerprint density at radius 3 is 2.48 bits per heavy atom. The van der Waals surface area contributed by atoms with Gasteiger partial charge in [0.15, 0.2) is 0 Å². The second kappa shape index (κ2) is 8.70. The monoisotopic (exact) mass is 365 g/mol. The van der Waals surface area contributed by atoms with E-state index in [-0.39, 0.29) is 24.7 Å². The van der Waals surface area contributed by atoms with E-state index in [9.17, 15) is 9.59 Å². The lowest BCUT2D eigenvalue weighted by molar-refractivity contribution is -0.121. The molecule has 1 aromatic carbocycles. The number of nitrogens with zero attached hydrogens (tertiary/aromatic N) is 3. The first-order chi connectivity index (χ1) is 13.2. The number of aryl methyl sites for hydroxylation is 2. The first-order valence-corrected chi connectivity index (χ1v) is 8.57. The van der Waals surface area contributed by atoms with Crippen molar-refractivity contribution < 1.29 is 14.1 Å². The third-order valence-electron chi connectivity index (χ3n) is 3.91. The van der Waals surface area contributed by atoms with Crippen LogP contribution in [0.15, 0.2) is 53.3 Å². The minimum absolute atomic E-state index is 0.104. The smallest absolute Gasteiger partial charge is 0.269 e. The lowest BCUT2D eigenvalue weighted by atomic mass is 10.1. The minimum Gasteiger partial charge on any atom is -0.339 e. The molecule has 0 saturated heterocycles. The van der Waals surface area contributed by atoms with Crippen molar-refractivity contribution in [3.05, 3.63) is 65.8 Å². The summed E-state index contributed by atoms with van der Waals surface area (Å²) in [6.45, 7) is 2.04. The number of hydrogen-bond donors (Lipinski definition) is 2. The van der Waals surface area contributed by atoms with Crippen molar-refractivity contribution in [1.29, 1.82) is 0 Å². The molecule has 3 aromatic rings. The van der Waals surface area contributed by atoms with Crippen LogP contribution >= 0.6 is 0 Å². The fourth-order valence-corrected chi connectivity index (χ4v) is 2.35. The van der Waals surface area contributed by atoms with E-state index < -0.39 is 0 Å². The van der Waals surface area contributed by atoms with Crippen LogP contribution in [0.1, 0.15) is 35.2 Å². The van der Waals surface area contributed by atoms with Gasteiger partial charge < -0.3 is 4.52 Å². The fraction of sp³-hybridized carbons (Fsp3) is 0.211. The maximum absolute atomic E-state index is 12.0. The normalized spacial score (nSPS) is 10.4. The summed E-state index contributed by atoms with van der Waals surface area (Å²) in [5.41, 5.74) is 7.17. The zero-order valence-electron chi connectivity index (χ0n) is 14.8. The zero-order chi connectivity index (χ0) is 19.1. The Bertz CT molecular complexity index is 907. The van der Waals surface area contributed by atoms with Crippen LogP contribution in [0.2, 0.25) is 0 Å². The highest BCUT2D eigenvalue weighted by atomic mass is 16.5. The van der Waals surface area contributed by atoms with Gasteiger partial charge in [-0.15, -0.1) is 0 Å². The number of carbonyl (C=O) groups is 2. The Kier molecular flexibility index (Phi) is 5.88. The third-order valence-corrected chi connectivity index (χ3v) is 3.91. The molecule has 2 heterocycles. The number of benzene rings is 1. The molecule has 0 aliphatic heterocycles. The van der Waals surface area contributed by atoms with E-state index in [2.05, 4.69) is 26.0 Å². The van der Waals surface area contributed by atoms with E-state index in [4.69, 9.17) is 4.52 Å². The summed E-state index contributed by atoms with van der Waals surface area (Å²) in [5, 5.41) is 3.88. The predicted octanol–water partition coefficient (Wildman–Crippen LogP) is 2.09. The fourth-order valence-electron chi connectivity index (χ4n) is 2.35. The molecule has 0 spiro atoms. The molecule has 0 unspecified atom stereocenters. The number of pyridine rings is 1. The molecule has 0 fully saturated rings. The van der Waals surface area contributed by atoms with E-state index in [0.717, 1.165) is 17.5 Å². The van der Waals surface area contributed by atoms with Gasteiger partial charge in [0.25, 0.3) is 5.91 Å². The Labute approximate surface area is 156 Å². The standard InChI is InChI=1S/C19H19N5O3/c1-2-13-3-5-15(6-4-13)19(26)23-22-16(25)7-8-17-21-18(24-27-17)14-9-11-20-12-10-14/h3-6,9-12H,2,7-8H2,1H3,(H,22,25)(H,23,26). The summed E-state index contributed by atoms with van der Waals surface area (Å²) in [6.07, 6.45) is 4.55. The van der Waals surface area contributed by atoms with Crippen LogP contribution in [0.4, 0.5) is 0 Å². The molecular formula is C19H19N5O3. The molecular weight excluding hydrogens is 346 g/mol. The van der Waals surface area contributed by atoms with Crippen LogP contribution in [0.3, 0.4) is 0 Å². The van der Waals surface area contributed by atoms with Crippen molar-refractivity contribution in [2.75, 3.05) is 0 Å². The molecule has 8 heteroatoms. The van der Waals surface area contributed by atoms with E-state index in [1.54, 1.807) is 36.7 Å². The van der Waals surface area contributed by atoms with Crippen LogP contribution in [0.25, 0.3) is 11.4 Å². The van der Waals surface area contributed by atoms with Gasteiger partial charge in [-0.05, 0) is 36.2 Å². The highest BCUT2D eigenvalue weighted by molar-refractivity contribution is 5.95. The predicted molar refractivity (Wildman–Crippen MR) is 97.3 cm³/mol. The third kappa shape index (κ3) is 4.97. The van der Waals surface area contributed by atoms with E-state index in [1.807, 2.05) is 19.1 Å². The second-order valence-corrected chi connectivity index (χ2v) is 5.80. The van der Waals surface area contributed by atoms with E-state index in [0.29, 0.717) is 17.3 Å². The lowest BCUT2D eigenvalue weighted by Gasteiger charge is -2.07. The molecule has 0 atom stereocenters. The Balaban J connectivity index is 1.45. The highest BCUT2D eigenvalue weighted by Crippen LogP contribution is 2.14. The molecule has 27 heavy (non-hydrogen) atoms. The van der Waals surface area contributed by atoms with Crippen molar-refractivity contribution >= 4 is 11.8 Å². The lowest BCUT2D eigenvalue weighted by Crippen LogP contribution is -2.41. The van der Waals surface area contributed by atoms with Gasteiger partial charge >= 0.3 is 0 Å². The molecule has 0 bridgehead atoms. The molecule has 0 saturated carbocycles. The number of aromatic nitrogens is 3. The largest absolute Gasteiger partial charge is 0.339 e. The van der Waals surface area contributed by atoms with E-state index >= 15 is 0 Å². The second-order valence-electron chi connectivity index (χ2n) is 5.80. The molecule has 3 rings (SSSR count). The van der Waals surface area contributed by atoms with Crippen LogP contribution < -0.4 is 10.9 Å². The molecule has 0 aliphatic carbocycles. The zero-order valence-corrected chi connectivity index (χ0v) is 14.8. The average molecular weight is 365 g/mol. The first-order valence-electron chi connectivity index (χ1n) is 8.57. The summed E-state index contributed by atoms with van der Waals surface area (Å²) in [6, 6.07) is 10.7. The van der Waals surface area contributed by atoms with Crippen molar-refractivity contribution in [1.82, 2.24) is 26.0 Å². The number of nitrogens with one attached hydrogen (secondary N) is 2. The molecule has 0 aliphatic rings. The summed E-state index contributed by atoms with van der Waals surface area (Å²) in [7, 11) is 0. The summed E-state index contributed by atoms with van der Waals surface area (Å²) in [4.78, 5) is 32.1. The minimum atomic E-state index is -0.372. The average Bonchev–Trinajstić information content (AvgIpc) is 3.20. The van der Waals surface area contributed by atoms with Gasteiger partial charge in [0.1, 0.15) is 0 Å². The molecule has 8 nitrogen and oxygen atoms in total. The molecule has 2 amide bonds. The van der Waals surface area contributed by atoms with Crippen molar-refractivity contribution in [3.8, 4) is 11.4 Å². The Morgan fingerprint density at radius 1 is 1.04 bits per heavy atom. The molecule has 2 aromatic heterocycles. The van der Waals surface area contributed by atoms with Gasteiger partial charge in [0.05, 0.1) is 0 Å². The quantitative estimate of drug-likeness (QED) is 0.647. The van der Waals surface area contributed by atoms with Gasteiger partial charge in [0.2, 0.25) is 17.6 Å². The van der Waals surface area contributed by atoms with E-state index in [1.165, 1.54) is 0 Å². The summed E-state index contributed by atoms with van der Waals surface area (Å²) >= 11 is 0. The molecule has 138 valence electrons. The SMILES string of the molecule is CCc1ccc(C(=O)NNC(=O)CCc2nc(-c3ccncc3)no2)cc1. The number of rotatable bonds is 6. The Morgan fingerprint density at radius 2 is 1.78 bits per heavy atom. The van der Waals surface area contributed by atoms with Gasteiger partial charge in [-0.1, -0.05) is 24.2 Å². The van der Waals surface area contributed by atoms with Crippen LogP contribution in [-0.4, -0.2) is 26.9 Å². The highest BCUT2D eigenvalue weighted by Gasteiger charge is 2.11. The topological polar surface area (TPSA) is 110 Å². The number of hydrazine groups is 1. The van der Waals surface area contributed by atoms with Gasteiger partial charge in [-0.2, -0.15) is 4.98 Å². The van der Waals surface area contributed by atoms with Crippen LogP contribution in [0, 0.1) is 0 Å². The maximum atomic E-state index is 12.0. The van der Waals surface area contributed by atoms with Crippen molar-refractivity contribution in [3.63, 3.8) is 0 Å². The number of hydrogen-bond acceptors (Lipinski definition) is 6. The summed E-state index contributed by atoms with van der Waals surface area (Å²) < 4.78 is 5.14. The maximum Gasteiger partial charge on any atom is 0.269 e. The first kappa shape index (κ1) is 18.2. The van der Waals surface area contributed by atoms with Crippen molar-refractivity contribution in [2.24, 2.45) is 0 Å². The van der Waals surface area contributed by atoms with Crippen LogP contribution in [0.5, 0.6) is 0 Å². The summed E-state index contributed by atoms with van der Waals surface area (Å²) in [5.74, 6) is 0.0658. The Hall–Kier alpha value is -3.55. The number of amides is 2. The van der Waals surface area contributed by atoms with Crippen molar-refractivity contribution in [2.45, 2.75) is 26.2 Å². The molecule has 2 N–H and O–H groups in total. The van der Waals surface area contributed by atoms with Gasteiger partial charge in [0, 0.05) is 36.4 Å². The van der Waals surface area contributed by atoms with Gasteiger partial charge in [-0.25, -0.2) is 0 Å². The van der Waals surface area contributed by atoms with Gasteiger partial charge in [-0.3, -0.25) is 25.4 Å². The molecule has 0 radical (unpaired) electrons.